The molecule has 2 N–H and O–H groups in total. The molecule has 0 aliphatic heterocycles. The number of rotatable bonds is 3. The Hall–Kier alpha value is -2.03. The molecular formula is C16H16FNO. The van der Waals surface area contributed by atoms with Gasteiger partial charge >= 0.3 is 0 Å². The smallest absolute Gasteiger partial charge is 0.126 e. The summed E-state index contributed by atoms with van der Waals surface area (Å²) in [6, 6.07) is 14.4. The van der Waals surface area contributed by atoms with Gasteiger partial charge in [0.25, 0.3) is 0 Å². The van der Waals surface area contributed by atoms with Crippen LogP contribution in [0.25, 0.3) is 0 Å². The van der Waals surface area contributed by atoms with E-state index in [1.807, 2.05) is 24.3 Å². The second kappa shape index (κ2) is 4.92. The summed E-state index contributed by atoms with van der Waals surface area (Å²) in [4.78, 5) is 0. The van der Waals surface area contributed by atoms with Crippen molar-refractivity contribution in [1.82, 2.24) is 0 Å². The molecule has 0 radical (unpaired) electrons. The lowest BCUT2D eigenvalue weighted by molar-refractivity contribution is 0.363. The minimum absolute atomic E-state index is 0.108. The van der Waals surface area contributed by atoms with Crippen molar-refractivity contribution in [2.24, 2.45) is 0 Å². The summed E-state index contributed by atoms with van der Waals surface area (Å²) in [6.45, 7) is 0. The molecule has 2 nitrogen and oxygen atoms in total. The maximum atomic E-state index is 13.6. The van der Waals surface area contributed by atoms with Gasteiger partial charge in [-0.15, -0.1) is 0 Å². The fourth-order valence-corrected chi connectivity index (χ4v) is 2.63. The van der Waals surface area contributed by atoms with Gasteiger partial charge in [-0.1, -0.05) is 24.3 Å². The van der Waals surface area contributed by atoms with Crippen molar-refractivity contribution in [3.05, 3.63) is 59.9 Å². The first-order chi connectivity index (χ1) is 9.22. The molecule has 1 saturated carbocycles. The number of phenolic OH excluding ortho intramolecular Hbond substituents is 1. The van der Waals surface area contributed by atoms with E-state index in [0.29, 0.717) is 12.0 Å². The molecule has 0 aromatic heterocycles. The Morgan fingerprint density at radius 1 is 1.05 bits per heavy atom. The first-order valence-corrected chi connectivity index (χ1v) is 6.52. The van der Waals surface area contributed by atoms with Crippen LogP contribution >= 0.6 is 0 Å². The lowest BCUT2D eigenvalue weighted by atomic mass is 9.75. The lowest BCUT2D eigenvalue weighted by Crippen LogP contribution is -2.34. The van der Waals surface area contributed by atoms with Crippen molar-refractivity contribution >= 4 is 5.69 Å². The molecule has 1 aliphatic rings. The fourth-order valence-electron chi connectivity index (χ4n) is 2.63. The molecule has 0 amide bonds. The first kappa shape index (κ1) is 12.0. The first-order valence-electron chi connectivity index (χ1n) is 6.52. The number of nitrogens with one attached hydrogen (secondary N) is 1. The van der Waals surface area contributed by atoms with Crippen molar-refractivity contribution in [3.63, 3.8) is 0 Å². The topological polar surface area (TPSA) is 32.3 Å². The monoisotopic (exact) mass is 257 g/mol. The summed E-state index contributed by atoms with van der Waals surface area (Å²) in [7, 11) is 0. The highest BCUT2D eigenvalue weighted by Crippen LogP contribution is 2.39. The molecule has 0 spiro atoms. The highest BCUT2D eigenvalue weighted by molar-refractivity contribution is 5.49. The lowest BCUT2D eigenvalue weighted by Gasteiger charge is -2.37. The Labute approximate surface area is 111 Å². The quantitative estimate of drug-likeness (QED) is 0.874. The van der Waals surface area contributed by atoms with Gasteiger partial charge in [-0.3, -0.25) is 0 Å². The second-order valence-corrected chi connectivity index (χ2v) is 5.08. The Balaban J connectivity index is 1.60. The number of benzene rings is 2. The van der Waals surface area contributed by atoms with E-state index in [2.05, 4.69) is 5.32 Å². The van der Waals surface area contributed by atoms with E-state index in [0.717, 1.165) is 24.1 Å². The largest absolute Gasteiger partial charge is 0.508 e. The third-order valence-corrected chi connectivity index (χ3v) is 3.70. The standard InChI is InChI=1S/C16H16FNO/c17-16-7-2-1-6-15(16)11-8-13(9-11)18-12-4-3-5-14(19)10-12/h1-7,10-11,13,18-19H,8-9H2. The summed E-state index contributed by atoms with van der Waals surface area (Å²) < 4.78 is 13.6. The molecule has 2 aromatic carbocycles. The highest BCUT2D eigenvalue weighted by atomic mass is 19.1. The Morgan fingerprint density at radius 2 is 1.84 bits per heavy atom. The van der Waals surface area contributed by atoms with Gasteiger partial charge in [0.1, 0.15) is 11.6 Å². The van der Waals surface area contributed by atoms with Crippen molar-refractivity contribution in [2.45, 2.75) is 24.8 Å². The van der Waals surface area contributed by atoms with E-state index in [1.165, 1.54) is 6.07 Å². The van der Waals surface area contributed by atoms with Gasteiger partial charge in [0, 0.05) is 17.8 Å². The van der Waals surface area contributed by atoms with Crippen LogP contribution in [0, 0.1) is 5.82 Å². The van der Waals surface area contributed by atoms with Crippen LogP contribution in [0.3, 0.4) is 0 Å². The van der Waals surface area contributed by atoms with Gasteiger partial charge in [-0.05, 0) is 42.5 Å². The van der Waals surface area contributed by atoms with Gasteiger partial charge in [0.15, 0.2) is 0 Å². The summed E-state index contributed by atoms with van der Waals surface area (Å²) >= 11 is 0. The van der Waals surface area contributed by atoms with E-state index in [4.69, 9.17) is 0 Å². The Kier molecular flexibility index (Phi) is 3.11. The van der Waals surface area contributed by atoms with Crippen LogP contribution in [0.1, 0.15) is 24.3 Å². The number of phenols is 1. The molecule has 3 rings (SSSR count). The molecule has 1 fully saturated rings. The second-order valence-electron chi connectivity index (χ2n) is 5.08. The van der Waals surface area contributed by atoms with Crippen LogP contribution in [-0.2, 0) is 0 Å². The number of hydrogen-bond donors (Lipinski definition) is 2. The van der Waals surface area contributed by atoms with E-state index in [9.17, 15) is 9.50 Å². The third kappa shape index (κ3) is 2.55. The highest BCUT2D eigenvalue weighted by Gasteiger charge is 2.31. The van der Waals surface area contributed by atoms with Crippen molar-refractivity contribution in [3.8, 4) is 5.75 Å². The third-order valence-electron chi connectivity index (χ3n) is 3.70. The number of halogens is 1. The van der Waals surface area contributed by atoms with Crippen molar-refractivity contribution in [2.75, 3.05) is 5.32 Å². The SMILES string of the molecule is Oc1cccc(NC2CC(c3ccccc3F)C2)c1. The van der Waals surface area contributed by atoms with Crippen LogP contribution in [0.2, 0.25) is 0 Å². The number of aromatic hydroxyl groups is 1. The summed E-state index contributed by atoms with van der Waals surface area (Å²) in [6.07, 6.45) is 1.85. The minimum atomic E-state index is -0.108. The molecule has 0 atom stereocenters. The predicted octanol–water partition coefficient (Wildman–Crippen LogP) is 3.89. The average Bonchev–Trinajstić information content (AvgIpc) is 2.35. The number of hydrogen-bond acceptors (Lipinski definition) is 2. The Bertz CT molecular complexity index is 578. The predicted molar refractivity (Wildman–Crippen MR) is 73.9 cm³/mol. The fraction of sp³-hybridized carbons (Fsp3) is 0.250. The van der Waals surface area contributed by atoms with Gasteiger partial charge in [0.2, 0.25) is 0 Å². The average molecular weight is 257 g/mol. The maximum absolute atomic E-state index is 13.6. The molecule has 3 heteroatoms. The van der Waals surface area contributed by atoms with Crippen LogP contribution in [0.5, 0.6) is 5.75 Å². The van der Waals surface area contributed by atoms with Crippen LogP contribution in [-0.4, -0.2) is 11.1 Å². The van der Waals surface area contributed by atoms with E-state index >= 15 is 0 Å². The van der Waals surface area contributed by atoms with E-state index in [1.54, 1.807) is 18.2 Å². The molecule has 0 saturated heterocycles. The minimum Gasteiger partial charge on any atom is -0.508 e. The normalized spacial score (nSPS) is 21.7. The van der Waals surface area contributed by atoms with Crippen LogP contribution in [0.4, 0.5) is 10.1 Å². The number of anilines is 1. The molecular weight excluding hydrogens is 241 g/mol. The van der Waals surface area contributed by atoms with Crippen LogP contribution < -0.4 is 5.32 Å². The maximum Gasteiger partial charge on any atom is 0.126 e. The zero-order valence-electron chi connectivity index (χ0n) is 10.5. The van der Waals surface area contributed by atoms with Crippen LogP contribution in [0.15, 0.2) is 48.5 Å². The van der Waals surface area contributed by atoms with Gasteiger partial charge in [-0.2, -0.15) is 0 Å². The molecule has 2 aromatic rings. The molecule has 98 valence electrons. The van der Waals surface area contributed by atoms with E-state index < -0.39 is 0 Å². The van der Waals surface area contributed by atoms with Crippen molar-refractivity contribution in [1.29, 1.82) is 0 Å². The molecule has 19 heavy (non-hydrogen) atoms. The zero-order chi connectivity index (χ0) is 13.2. The zero-order valence-corrected chi connectivity index (χ0v) is 10.5. The molecule has 0 heterocycles. The summed E-state index contributed by atoms with van der Waals surface area (Å²) in [5, 5.41) is 12.7. The van der Waals surface area contributed by atoms with Crippen molar-refractivity contribution < 1.29 is 9.50 Å². The van der Waals surface area contributed by atoms with Gasteiger partial charge < -0.3 is 10.4 Å². The Morgan fingerprint density at radius 3 is 2.58 bits per heavy atom. The summed E-state index contributed by atoms with van der Waals surface area (Å²) in [5.41, 5.74) is 1.73. The van der Waals surface area contributed by atoms with Gasteiger partial charge in [0.05, 0.1) is 0 Å². The molecule has 0 bridgehead atoms. The van der Waals surface area contributed by atoms with Gasteiger partial charge in [-0.25, -0.2) is 4.39 Å². The molecule has 0 unspecified atom stereocenters. The molecule has 1 aliphatic carbocycles. The summed E-state index contributed by atoms with van der Waals surface area (Å²) in [5.74, 6) is 0.453. The van der Waals surface area contributed by atoms with E-state index in [-0.39, 0.29) is 11.6 Å².